The molecule has 0 rings (SSSR count). The number of carbonyl (C=O) groups excluding carboxylic acids is 1. The summed E-state index contributed by atoms with van der Waals surface area (Å²) >= 11 is 0. The highest BCUT2D eigenvalue weighted by Gasteiger charge is 2.09. The summed E-state index contributed by atoms with van der Waals surface area (Å²) in [6, 6.07) is 2.11. The molecule has 74 valence electrons. The number of amides is 1. The molecule has 0 spiro atoms. The molecule has 0 heterocycles. The molecule has 3 heteroatoms. The maximum absolute atomic E-state index is 11.2. The molecule has 0 aliphatic rings. The molecule has 0 aliphatic carbocycles. The van der Waals surface area contributed by atoms with Gasteiger partial charge in [0.2, 0.25) is 5.91 Å². The average Bonchev–Trinajstić information content (AvgIpc) is 2.14. The Labute approximate surface area is 80.1 Å². The van der Waals surface area contributed by atoms with E-state index < -0.39 is 0 Å². The first-order valence-electron chi connectivity index (χ1n) is 4.90. The first kappa shape index (κ1) is 12.0. The van der Waals surface area contributed by atoms with Gasteiger partial charge >= 0.3 is 0 Å². The van der Waals surface area contributed by atoms with Gasteiger partial charge < -0.3 is 5.32 Å². The largest absolute Gasteiger partial charge is 0.356 e. The zero-order valence-corrected chi connectivity index (χ0v) is 8.47. The predicted octanol–water partition coefficient (Wildman–Crippen LogP) is 1.84. The van der Waals surface area contributed by atoms with Crippen LogP contribution in [0.1, 0.15) is 39.5 Å². The molecule has 0 fully saturated rings. The maximum atomic E-state index is 11.2. The number of hydrogen-bond acceptors (Lipinski definition) is 2. The first-order valence-corrected chi connectivity index (χ1v) is 4.90. The van der Waals surface area contributed by atoms with Crippen molar-refractivity contribution in [1.29, 1.82) is 5.26 Å². The zero-order valence-electron chi connectivity index (χ0n) is 8.47. The summed E-state index contributed by atoms with van der Waals surface area (Å²) in [6.07, 6.45) is 3.18. The van der Waals surface area contributed by atoms with Gasteiger partial charge in [-0.05, 0) is 12.8 Å². The monoisotopic (exact) mass is 182 g/mol. The predicted molar refractivity (Wildman–Crippen MR) is 51.9 cm³/mol. The number of nitrogens with one attached hydrogen (secondary N) is 1. The minimum atomic E-state index is -0.123. The topological polar surface area (TPSA) is 52.9 Å². The molecule has 1 atom stereocenters. The van der Waals surface area contributed by atoms with Gasteiger partial charge in [-0.25, -0.2) is 0 Å². The minimum absolute atomic E-state index is 0.00171. The lowest BCUT2D eigenvalue weighted by Gasteiger charge is -2.06. The van der Waals surface area contributed by atoms with Crippen molar-refractivity contribution in [2.45, 2.75) is 39.5 Å². The van der Waals surface area contributed by atoms with E-state index >= 15 is 0 Å². The fourth-order valence-electron chi connectivity index (χ4n) is 0.982. The molecule has 0 aromatic heterocycles. The van der Waals surface area contributed by atoms with E-state index in [0.717, 1.165) is 25.8 Å². The van der Waals surface area contributed by atoms with Crippen LogP contribution in [0.4, 0.5) is 0 Å². The van der Waals surface area contributed by atoms with Crippen LogP contribution in [0.5, 0.6) is 0 Å². The van der Waals surface area contributed by atoms with Crippen LogP contribution in [0.15, 0.2) is 0 Å². The molecule has 0 saturated carbocycles. The molecule has 1 amide bonds. The number of carbonyl (C=O) groups is 1. The smallest absolute Gasteiger partial charge is 0.221 e. The van der Waals surface area contributed by atoms with Crippen molar-refractivity contribution in [3.63, 3.8) is 0 Å². The van der Waals surface area contributed by atoms with Crippen molar-refractivity contribution in [3.8, 4) is 6.07 Å². The zero-order chi connectivity index (χ0) is 10.1. The van der Waals surface area contributed by atoms with Gasteiger partial charge in [-0.15, -0.1) is 0 Å². The number of nitriles is 1. The second kappa shape index (κ2) is 7.60. The summed E-state index contributed by atoms with van der Waals surface area (Å²) in [5, 5.41) is 11.4. The van der Waals surface area contributed by atoms with Crippen LogP contribution in [0.2, 0.25) is 0 Å². The average molecular weight is 182 g/mol. The van der Waals surface area contributed by atoms with Gasteiger partial charge in [0.05, 0.1) is 12.0 Å². The Kier molecular flexibility index (Phi) is 6.99. The van der Waals surface area contributed by atoms with E-state index in [2.05, 4.69) is 18.3 Å². The SMILES string of the molecule is CCCCNC(=O)CC(C#N)CC. The Balaban J connectivity index is 3.56. The molecule has 0 aromatic rings. The highest BCUT2D eigenvalue weighted by atomic mass is 16.1. The number of hydrogen-bond donors (Lipinski definition) is 1. The van der Waals surface area contributed by atoms with Gasteiger partial charge in [0.15, 0.2) is 0 Å². The van der Waals surface area contributed by atoms with E-state index in [0.29, 0.717) is 6.42 Å². The Hall–Kier alpha value is -1.04. The molecule has 13 heavy (non-hydrogen) atoms. The van der Waals surface area contributed by atoms with Crippen LogP contribution in [0.25, 0.3) is 0 Å². The molecule has 0 saturated heterocycles. The molecule has 0 radical (unpaired) electrons. The Morgan fingerprint density at radius 3 is 2.69 bits per heavy atom. The van der Waals surface area contributed by atoms with Gasteiger partial charge in [0.1, 0.15) is 0 Å². The second-order valence-electron chi connectivity index (χ2n) is 3.14. The van der Waals surface area contributed by atoms with Crippen molar-refractivity contribution in [2.24, 2.45) is 5.92 Å². The Bertz CT molecular complexity index is 184. The van der Waals surface area contributed by atoms with E-state index in [4.69, 9.17) is 5.26 Å². The van der Waals surface area contributed by atoms with Gasteiger partial charge in [0, 0.05) is 13.0 Å². The maximum Gasteiger partial charge on any atom is 0.221 e. The summed E-state index contributed by atoms with van der Waals surface area (Å²) in [5.74, 6) is -0.122. The summed E-state index contributed by atoms with van der Waals surface area (Å²) < 4.78 is 0. The first-order chi connectivity index (χ1) is 6.24. The standard InChI is InChI=1S/C10H18N2O/c1-3-5-6-12-10(13)7-9(4-2)8-11/h9H,3-7H2,1-2H3,(H,12,13). The summed E-state index contributed by atoms with van der Waals surface area (Å²) in [7, 11) is 0. The van der Waals surface area contributed by atoms with Crippen LogP contribution in [0.3, 0.4) is 0 Å². The van der Waals surface area contributed by atoms with Crippen molar-refractivity contribution in [1.82, 2.24) is 5.32 Å². The van der Waals surface area contributed by atoms with Crippen LogP contribution in [-0.4, -0.2) is 12.5 Å². The van der Waals surface area contributed by atoms with Crippen molar-refractivity contribution >= 4 is 5.91 Å². The molecule has 3 nitrogen and oxygen atoms in total. The summed E-state index contributed by atoms with van der Waals surface area (Å²) in [6.45, 7) is 4.74. The molecule has 0 aliphatic heterocycles. The molecule has 1 unspecified atom stereocenters. The van der Waals surface area contributed by atoms with E-state index in [1.54, 1.807) is 0 Å². The highest BCUT2D eigenvalue weighted by Crippen LogP contribution is 2.05. The third-order valence-corrected chi connectivity index (χ3v) is 1.96. The molecule has 1 N–H and O–H groups in total. The minimum Gasteiger partial charge on any atom is -0.356 e. The lowest BCUT2D eigenvalue weighted by Crippen LogP contribution is -2.26. The Morgan fingerprint density at radius 2 is 2.23 bits per heavy atom. The van der Waals surface area contributed by atoms with E-state index in [1.165, 1.54) is 0 Å². The van der Waals surface area contributed by atoms with E-state index in [1.807, 2.05) is 6.92 Å². The lowest BCUT2D eigenvalue weighted by atomic mass is 10.0. The van der Waals surface area contributed by atoms with Crippen LogP contribution in [-0.2, 0) is 4.79 Å². The van der Waals surface area contributed by atoms with Crippen molar-refractivity contribution in [2.75, 3.05) is 6.54 Å². The second-order valence-corrected chi connectivity index (χ2v) is 3.14. The fraction of sp³-hybridized carbons (Fsp3) is 0.800. The number of unbranched alkanes of at least 4 members (excludes halogenated alkanes) is 1. The molecule has 0 aromatic carbocycles. The summed E-state index contributed by atoms with van der Waals surface area (Å²) in [5.41, 5.74) is 0. The third-order valence-electron chi connectivity index (χ3n) is 1.96. The molecular weight excluding hydrogens is 164 g/mol. The van der Waals surface area contributed by atoms with Crippen molar-refractivity contribution in [3.05, 3.63) is 0 Å². The Morgan fingerprint density at radius 1 is 1.54 bits per heavy atom. The highest BCUT2D eigenvalue weighted by molar-refractivity contribution is 5.76. The van der Waals surface area contributed by atoms with E-state index in [-0.39, 0.29) is 11.8 Å². The fourth-order valence-corrected chi connectivity index (χ4v) is 0.982. The van der Waals surface area contributed by atoms with Gasteiger partial charge in [-0.1, -0.05) is 20.3 Å². The van der Waals surface area contributed by atoms with Gasteiger partial charge in [0.25, 0.3) is 0 Å². The quantitative estimate of drug-likeness (QED) is 0.637. The molecular formula is C10H18N2O. The van der Waals surface area contributed by atoms with E-state index in [9.17, 15) is 4.79 Å². The number of nitrogens with zero attached hydrogens (tertiary/aromatic N) is 1. The normalized spacial score (nSPS) is 11.8. The van der Waals surface area contributed by atoms with Crippen molar-refractivity contribution < 1.29 is 4.79 Å². The van der Waals surface area contributed by atoms with Crippen LogP contribution < -0.4 is 5.32 Å². The lowest BCUT2D eigenvalue weighted by molar-refractivity contribution is -0.121. The van der Waals surface area contributed by atoms with Crippen LogP contribution in [0, 0.1) is 17.2 Å². The van der Waals surface area contributed by atoms with Crippen LogP contribution >= 0.6 is 0 Å². The molecule has 0 bridgehead atoms. The van der Waals surface area contributed by atoms with Gasteiger partial charge in [-0.2, -0.15) is 5.26 Å². The number of rotatable bonds is 6. The third kappa shape index (κ3) is 6.15. The summed E-state index contributed by atoms with van der Waals surface area (Å²) in [4.78, 5) is 11.2. The van der Waals surface area contributed by atoms with Gasteiger partial charge in [-0.3, -0.25) is 4.79 Å².